The van der Waals surface area contributed by atoms with E-state index in [1.54, 1.807) is 0 Å². The summed E-state index contributed by atoms with van der Waals surface area (Å²) in [6, 6.07) is 0.433. The van der Waals surface area contributed by atoms with Crippen LogP contribution < -0.4 is 0 Å². The van der Waals surface area contributed by atoms with E-state index < -0.39 is 29.1 Å². The Bertz CT molecular complexity index is 924. The van der Waals surface area contributed by atoms with Crippen LogP contribution in [0, 0.1) is 34.0 Å². The fourth-order valence-corrected chi connectivity index (χ4v) is 10.3. The molecular weight excluding hydrogens is 510 g/mol. The molecule has 0 unspecified atom stereocenters. The highest BCUT2D eigenvalue weighted by atomic mass is 32.2. The Kier molecular flexibility index (Phi) is 9.37. The van der Waals surface area contributed by atoms with Gasteiger partial charge in [-0.3, -0.25) is 9.59 Å². The van der Waals surface area contributed by atoms with Gasteiger partial charge >= 0.3 is 5.97 Å². The van der Waals surface area contributed by atoms with Crippen molar-refractivity contribution in [3.63, 3.8) is 0 Å². The lowest BCUT2D eigenvalue weighted by molar-refractivity contribution is -0.205. The number of aliphatic hydroxyl groups is 2. The summed E-state index contributed by atoms with van der Waals surface area (Å²) in [5, 5.41) is 22.4. The number of Topliss-reactive ketones (excluding diaryl/α,β-unsaturated/α-hetero) is 1. The molecule has 0 aromatic rings. The van der Waals surface area contributed by atoms with E-state index in [0.29, 0.717) is 18.9 Å². The Labute approximate surface area is 240 Å². The van der Waals surface area contributed by atoms with Crippen molar-refractivity contribution >= 4 is 23.5 Å². The molecule has 222 valence electrons. The zero-order valence-electron chi connectivity index (χ0n) is 25.2. The topological polar surface area (TPSA) is 87.1 Å². The molecule has 4 aliphatic carbocycles. The summed E-state index contributed by atoms with van der Waals surface area (Å²) in [6.07, 6.45) is 6.58. The number of aliphatic hydroxyl groups excluding tert-OH is 2. The monoisotopic (exact) mass is 563 g/mol. The predicted octanol–water partition coefficient (Wildman–Crippen LogP) is 5.25. The van der Waals surface area contributed by atoms with Gasteiger partial charge in [0.1, 0.15) is 11.9 Å². The molecule has 0 amide bonds. The molecule has 4 rings (SSSR count). The first kappa shape index (κ1) is 31.1. The van der Waals surface area contributed by atoms with Crippen molar-refractivity contribution in [1.82, 2.24) is 4.90 Å². The third-order valence-corrected chi connectivity index (χ3v) is 13.4. The molecular formula is C32H53NO5S. The summed E-state index contributed by atoms with van der Waals surface area (Å²) in [6.45, 7) is 19.0. The van der Waals surface area contributed by atoms with Gasteiger partial charge in [0.15, 0.2) is 0 Å². The van der Waals surface area contributed by atoms with Crippen molar-refractivity contribution in [3.05, 3.63) is 12.7 Å². The third kappa shape index (κ3) is 5.28. The second-order valence-electron chi connectivity index (χ2n) is 13.7. The molecule has 0 aliphatic heterocycles. The Hall–Kier alpha value is -0.890. The smallest absolute Gasteiger partial charge is 0.316 e. The van der Waals surface area contributed by atoms with Gasteiger partial charge in [0.05, 0.1) is 18.0 Å². The van der Waals surface area contributed by atoms with Gasteiger partial charge in [-0.15, -0.1) is 18.3 Å². The highest BCUT2D eigenvalue weighted by molar-refractivity contribution is 8.00. The van der Waals surface area contributed by atoms with E-state index >= 15 is 0 Å². The van der Waals surface area contributed by atoms with Crippen LogP contribution >= 0.6 is 11.8 Å². The van der Waals surface area contributed by atoms with Crippen LogP contribution in [-0.2, 0) is 14.3 Å². The van der Waals surface area contributed by atoms with Crippen molar-refractivity contribution in [2.24, 2.45) is 34.0 Å². The van der Waals surface area contributed by atoms with E-state index in [2.05, 4.69) is 46.1 Å². The molecule has 6 nitrogen and oxygen atoms in total. The molecule has 2 bridgehead atoms. The fraction of sp³-hybridized carbons (Fsp3) is 0.875. The summed E-state index contributed by atoms with van der Waals surface area (Å²) >= 11 is 1.51. The lowest BCUT2D eigenvalue weighted by Crippen LogP contribution is -2.63. The molecule has 4 saturated carbocycles. The summed E-state index contributed by atoms with van der Waals surface area (Å²) in [7, 11) is 0. The van der Waals surface area contributed by atoms with Crippen LogP contribution in [0.3, 0.4) is 0 Å². The number of hydrogen-bond acceptors (Lipinski definition) is 7. The Balaban J connectivity index is 1.57. The Morgan fingerprint density at radius 3 is 2.49 bits per heavy atom. The van der Waals surface area contributed by atoms with Crippen molar-refractivity contribution < 1.29 is 24.5 Å². The maximum Gasteiger partial charge on any atom is 0.316 e. The van der Waals surface area contributed by atoms with Crippen LogP contribution in [0.15, 0.2) is 12.7 Å². The summed E-state index contributed by atoms with van der Waals surface area (Å²) in [4.78, 5) is 29.5. The number of carbonyl (C=O) groups is 2. The Morgan fingerprint density at radius 2 is 1.85 bits per heavy atom. The van der Waals surface area contributed by atoms with Gasteiger partial charge in [-0.1, -0.05) is 47.6 Å². The number of thioether (sulfide) groups is 1. The molecule has 11 atom stereocenters. The van der Waals surface area contributed by atoms with Crippen LogP contribution in [-0.4, -0.2) is 75.3 Å². The average Bonchev–Trinajstić information content (AvgIpc) is 3.27. The van der Waals surface area contributed by atoms with E-state index in [4.69, 9.17) is 4.74 Å². The maximum atomic E-state index is 13.6. The van der Waals surface area contributed by atoms with Crippen molar-refractivity contribution in [3.8, 4) is 0 Å². The number of carbonyl (C=O) groups excluding carboxylic acids is 2. The van der Waals surface area contributed by atoms with Gasteiger partial charge in [0, 0.05) is 34.5 Å². The van der Waals surface area contributed by atoms with E-state index in [0.717, 1.165) is 51.6 Å². The first-order valence-corrected chi connectivity index (χ1v) is 16.5. The van der Waals surface area contributed by atoms with E-state index in [1.165, 1.54) is 11.8 Å². The van der Waals surface area contributed by atoms with Gasteiger partial charge in [0.2, 0.25) is 0 Å². The van der Waals surface area contributed by atoms with E-state index in [9.17, 15) is 19.8 Å². The fourth-order valence-electron chi connectivity index (χ4n) is 9.21. The second-order valence-corrected chi connectivity index (χ2v) is 14.9. The quantitative estimate of drug-likeness (QED) is 0.308. The minimum atomic E-state index is -0.661. The summed E-state index contributed by atoms with van der Waals surface area (Å²) in [5.41, 5.74) is -1.40. The lowest BCUT2D eigenvalue weighted by atomic mass is 9.44. The molecule has 0 aromatic heterocycles. The summed E-state index contributed by atoms with van der Waals surface area (Å²) < 4.78 is 6.40. The number of rotatable bonds is 8. The highest BCUT2D eigenvalue weighted by Crippen LogP contribution is 2.68. The third-order valence-electron chi connectivity index (χ3n) is 12.0. The molecule has 0 saturated heterocycles. The van der Waals surface area contributed by atoms with Crippen molar-refractivity contribution in [1.29, 1.82) is 0 Å². The molecule has 4 fully saturated rings. The molecule has 0 spiro atoms. The standard InChI is InChI=1S/C32H53NO5S/c1-8-30(6)18-26(38-27(36)19-39-25-17-22(11-12-23(25)34)33(9-2)10-3)31(7)20(4)13-15-32(21(5)29(30)37)16-14-24(35)28(31)32/h8,20-23,25-26,28-29,34,37H,1,9-19H2,2-7H3/t20-,21+,22+,23-,25-,26-,28+,29+,30-,31+,32+/m1/s1. The predicted molar refractivity (Wildman–Crippen MR) is 157 cm³/mol. The number of ether oxygens (including phenoxy) is 1. The normalized spacial score (nSPS) is 46.3. The maximum absolute atomic E-state index is 13.6. The average molecular weight is 564 g/mol. The first-order valence-electron chi connectivity index (χ1n) is 15.4. The molecule has 0 radical (unpaired) electrons. The lowest BCUT2D eigenvalue weighted by Gasteiger charge is -2.61. The zero-order chi connectivity index (χ0) is 28.8. The molecule has 0 aromatic carbocycles. The zero-order valence-corrected chi connectivity index (χ0v) is 26.0. The minimum absolute atomic E-state index is 0.00333. The number of ketones is 1. The van der Waals surface area contributed by atoms with Gasteiger partial charge in [-0.05, 0) is 75.3 Å². The number of nitrogens with zero attached hydrogens (tertiary/aromatic N) is 1. The van der Waals surface area contributed by atoms with Crippen LogP contribution in [0.25, 0.3) is 0 Å². The van der Waals surface area contributed by atoms with Crippen LogP contribution in [0.5, 0.6) is 0 Å². The largest absolute Gasteiger partial charge is 0.461 e. The van der Waals surface area contributed by atoms with E-state index in [1.807, 2.05) is 13.0 Å². The molecule has 2 N–H and O–H groups in total. The van der Waals surface area contributed by atoms with Gasteiger partial charge in [-0.25, -0.2) is 0 Å². The van der Waals surface area contributed by atoms with Crippen LogP contribution in [0.4, 0.5) is 0 Å². The van der Waals surface area contributed by atoms with Crippen molar-refractivity contribution in [2.75, 3.05) is 18.8 Å². The van der Waals surface area contributed by atoms with Gasteiger partial charge in [-0.2, -0.15) is 0 Å². The van der Waals surface area contributed by atoms with Gasteiger partial charge in [0.25, 0.3) is 0 Å². The van der Waals surface area contributed by atoms with Gasteiger partial charge < -0.3 is 19.8 Å². The SMILES string of the molecule is C=C[C@]1(C)C[C@@H](OC(=O)CS[C@@H]2C[C@@H](N(CC)CC)CC[C@H]2O)[C@]2(C)[C@H](C)CC[C@]3(CCC(=O)[C@H]32)[C@@H](C)[C@@H]1O. The van der Waals surface area contributed by atoms with E-state index in [-0.39, 0.29) is 45.9 Å². The van der Waals surface area contributed by atoms with Crippen LogP contribution in [0.2, 0.25) is 0 Å². The number of esters is 1. The van der Waals surface area contributed by atoms with Crippen molar-refractivity contribution in [2.45, 2.75) is 123 Å². The minimum Gasteiger partial charge on any atom is -0.461 e. The molecule has 0 heterocycles. The molecule has 7 heteroatoms. The van der Waals surface area contributed by atoms with Crippen LogP contribution in [0.1, 0.15) is 92.9 Å². The molecule has 4 aliphatic rings. The first-order chi connectivity index (χ1) is 18.4. The number of hydrogen-bond donors (Lipinski definition) is 2. The summed E-state index contributed by atoms with van der Waals surface area (Å²) in [5.74, 6) is 0.131. The second kappa shape index (κ2) is 11.8. The molecule has 39 heavy (non-hydrogen) atoms. The highest BCUT2D eigenvalue weighted by Gasteiger charge is 2.68. The Morgan fingerprint density at radius 1 is 1.15 bits per heavy atom.